The van der Waals surface area contributed by atoms with Gasteiger partial charge in [-0.2, -0.15) is 0 Å². The fraction of sp³-hybridized carbons (Fsp3) is 0.550. The number of rotatable bonds is 6. The molecule has 1 fully saturated rings. The van der Waals surface area contributed by atoms with E-state index in [-0.39, 0.29) is 5.92 Å². The van der Waals surface area contributed by atoms with E-state index in [1.165, 1.54) is 0 Å². The minimum absolute atomic E-state index is 0.286. The van der Waals surface area contributed by atoms with Crippen LogP contribution < -0.4 is 4.74 Å². The van der Waals surface area contributed by atoms with Gasteiger partial charge in [0.15, 0.2) is 0 Å². The van der Waals surface area contributed by atoms with E-state index < -0.39 is 5.97 Å². The fourth-order valence-corrected chi connectivity index (χ4v) is 3.61. The summed E-state index contributed by atoms with van der Waals surface area (Å²) in [7, 11) is 3.97. The van der Waals surface area contributed by atoms with Crippen LogP contribution in [0.25, 0.3) is 10.9 Å². The number of aromatic carboxylic acids is 1. The number of nitrogens with zero attached hydrogens (tertiary/aromatic N) is 3. The minimum Gasteiger partial charge on any atom is -0.492 e. The monoisotopic (exact) mass is 359 g/mol. The SMILES string of the molecule is CC(C)c1cc(OCCN2CCN(C)CC2)cc2cc(C(=O)O)n(C)c12. The zero-order valence-corrected chi connectivity index (χ0v) is 16.2. The Morgan fingerprint density at radius 1 is 1.15 bits per heavy atom. The van der Waals surface area contributed by atoms with Crippen LogP contribution >= 0.6 is 0 Å². The Balaban J connectivity index is 1.77. The molecule has 0 saturated carbocycles. The topological polar surface area (TPSA) is 57.9 Å². The van der Waals surface area contributed by atoms with Crippen molar-refractivity contribution in [2.75, 3.05) is 46.4 Å². The van der Waals surface area contributed by atoms with Gasteiger partial charge in [0.2, 0.25) is 0 Å². The number of carboxylic acids is 1. The molecule has 2 heterocycles. The number of carboxylic acid groups (broad SMARTS) is 1. The summed E-state index contributed by atoms with van der Waals surface area (Å²) in [4.78, 5) is 16.2. The second-order valence-corrected chi connectivity index (χ2v) is 7.49. The number of aryl methyl sites for hydroxylation is 1. The average molecular weight is 359 g/mol. The van der Waals surface area contributed by atoms with E-state index in [0.29, 0.717) is 12.3 Å². The number of likely N-dealkylation sites (N-methyl/N-ethyl adjacent to an activating group) is 1. The zero-order valence-electron chi connectivity index (χ0n) is 16.2. The molecule has 1 aromatic heterocycles. The minimum atomic E-state index is -0.907. The van der Waals surface area contributed by atoms with Gasteiger partial charge in [0.05, 0.1) is 5.52 Å². The first-order valence-electron chi connectivity index (χ1n) is 9.27. The molecular weight excluding hydrogens is 330 g/mol. The second-order valence-electron chi connectivity index (χ2n) is 7.49. The summed E-state index contributed by atoms with van der Waals surface area (Å²) in [5.41, 5.74) is 2.40. The number of hydrogen-bond donors (Lipinski definition) is 1. The molecule has 0 spiro atoms. The van der Waals surface area contributed by atoms with Gasteiger partial charge in [0, 0.05) is 45.2 Å². The third kappa shape index (κ3) is 3.86. The quantitative estimate of drug-likeness (QED) is 0.859. The van der Waals surface area contributed by atoms with Gasteiger partial charge >= 0.3 is 5.97 Å². The second kappa shape index (κ2) is 7.68. The summed E-state index contributed by atoms with van der Waals surface area (Å²) in [6.45, 7) is 10.2. The Kier molecular flexibility index (Phi) is 5.53. The standard InChI is InChI=1S/C20H29N3O3/c1-14(2)17-13-16(26-10-9-23-7-5-21(3)6-8-23)11-15-12-18(20(24)25)22(4)19(15)17/h11-14H,5-10H2,1-4H3,(H,24,25). The van der Waals surface area contributed by atoms with Crippen LogP contribution in [0.4, 0.5) is 0 Å². The summed E-state index contributed by atoms with van der Waals surface area (Å²) < 4.78 is 7.80. The predicted octanol–water partition coefficient (Wildman–Crippen LogP) is 2.63. The summed E-state index contributed by atoms with van der Waals surface area (Å²) >= 11 is 0. The van der Waals surface area contributed by atoms with E-state index in [2.05, 4.69) is 36.8 Å². The van der Waals surface area contributed by atoms with Crippen molar-refractivity contribution in [3.05, 3.63) is 29.5 Å². The summed E-state index contributed by atoms with van der Waals surface area (Å²) in [5.74, 6) is 0.197. The van der Waals surface area contributed by atoms with Gasteiger partial charge in [0.25, 0.3) is 0 Å². The number of ether oxygens (including phenoxy) is 1. The van der Waals surface area contributed by atoms with Gasteiger partial charge < -0.3 is 19.3 Å². The Bertz CT molecular complexity index is 789. The Labute approximate surface area is 154 Å². The lowest BCUT2D eigenvalue weighted by atomic mass is 10.00. The number of hydrogen-bond acceptors (Lipinski definition) is 4. The average Bonchev–Trinajstić information content (AvgIpc) is 2.93. The summed E-state index contributed by atoms with van der Waals surface area (Å²) in [5, 5.41) is 10.3. The molecule has 1 saturated heterocycles. The summed E-state index contributed by atoms with van der Waals surface area (Å²) in [6, 6.07) is 5.75. The maximum atomic E-state index is 11.5. The van der Waals surface area contributed by atoms with Crippen molar-refractivity contribution >= 4 is 16.9 Å². The van der Waals surface area contributed by atoms with Crippen LogP contribution in [0.1, 0.15) is 35.8 Å². The maximum absolute atomic E-state index is 11.5. The highest BCUT2D eigenvalue weighted by atomic mass is 16.5. The molecule has 2 aromatic rings. The van der Waals surface area contributed by atoms with E-state index in [4.69, 9.17) is 4.74 Å². The van der Waals surface area contributed by atoms with Gasteiger partial charge in [-0.05, 0) is 36.7 Å². The van der Waals surface area contributed by atoms with Crippen molar-refractivity contribution in [2.45, 2.75) is 19.8 Å². The van der Waals surface area contributed by atoms with Crippen LogP contribution in [-0.4, -0.2) is 71.8 Å². The lowest BCUT2D eigenvalue weighted by molar-refractivity contribution is 0.0687. The van der Waals surface area contributed by atoms with Crippen molar-refractivity contribution in [2.24, 2.45) is 7.05 Å². The molecule has 6 nitrogen and oxygen atoms in total. The molecule has 1 N–H and O–H groups in total. The van der Waals surface area contributed by atoms with Gasteiger partial charge in [0.1, 0.15) is 18.1 Å². The normalized spacial score (nSPS) is 16.5. The van der Waals surface area contributed by atoms with Gasteiger partial charge in [-0.1, -0.05) is 13.8 Å². The van der Waals surface area contributed by atoms with Gasteiger partial charge in [-0.25, -0.2) is 4.79 Å². The number of fused-ring (bicyclic) bond motifs is 1. The molecule has 26 heavy (non-hydrogen) atoms. The zero-order chi connectivity index (χ0) is 18.8. The predicted molar refractivity (Wildman–Crippen MR) is 103 cm³/mol. The van der Waals surface area contributed by atoms with Crippen LogP contribution in [0.3, 0.4) is 0 Å². The number of benzene rings is 1. The Hall–Kier alpha value is -2.05. The molecule has 1 aliphatic rings. The van der Waals surface area contributed by atoms with Crippen molar-refractivity contribution < 1.29 is 14.6 Å². The lowest BCUT2D eigenvalue weighted by Crippen LogP contribution is -2.45. The third-order valence-electron chi connectivity index (χ3n) is 5.24. The van der Waals surface area contributed by atoms with Gasteiger partial charge in [-0.15, -0.1) is 0 Å². The first-order valence-corrected chi connectivity index (χ1v) is 9.27. The molecule has 0 unspecified atom stereocenters. The third-order valence-corrected chi connectivity index (χ3v) is 5.24. The molecule has 0 bridgehead atoms. The smallest absolute Gasteiger partial charge is 0.352 e. The van der Waals surface area contributed by atoms with Crippen LogP contribution in [0.15, 0.2) is 18.2 Å². The Morgan fingerprint density at radius 3 is 2.46 bits per heavy atom. The molecule has 0 amide bonds. The molecule has 0 radical (unpaired) electrons. The first-order chi connectivity index (χ1) is 12.4. The highest BCUT2D eigenvalue weighted by Crippen LogP contribution is 2.32. The van der Waals surface area contributed by atoms with Crippen LogP contribution in [-0.2, 0) is 7.05 Å². The lowest BCUT2D eigenvalue weighted by Gasteiger charge is -2.32. The number of aromatic nitrogens is 1. The first kappa shape index (κ1) is 18.7. The maximum Gasteiger partial charge on any atom is 0.352 e. The molecule has 1 aromatic carbocycles. The highest BCUT2D eigenvalue weighted by Gasteiger charge is 2.18. The Morgan fingerprint density at radius 2 is 1.85 bits per heavy atom. The molecule has 1 aliphatic heterocycles. The van der Waals surface area contributed by atoms with Gasteiger partial charge in [-0.3, -0.25) is 4.90 Å². The number of piperazine rings is 1. The summed E-state index contributed by atoms with van der Waals surface area (Å²) in [6.07, 6.45) is 0. The van der Waals surface area contributed by atoms with Crippen molar-refractivity contribution in [1.82, 2.24) is 14.4 Å². The molecule has 0 atom stereocenters. The number of carbonyl (C=O) groups is 1. The largest absolute Gasteiger partial charge is 0.492 e. The van der Waals surface area contributed by atoms with E-state index in [1.54, 1.807) is 10.6 Å². The van der Waals surface area contributed by atoms with E-state index >= 15 is 0 Å². The molecule has 142 valence electrons. The molecule has 3 rings (SSSR count). The molecule has 6 heteroatoms. The van der Waals surface area contributed by atoms with E-state index in [1.807, 2.05) is 13.1 Å². The van der Waals surface area contributed by atoms with E-state index in [9.17, 15) is 9.90 Å². The van der Waals surface area contributed by atoms with Crippen LogP contribution in [0.2, 0.25) is 0 Å². The van der Waals surface area contributed by atoms with E-state index in [0.717, 1.165) is 54.9 Å². The molecular formula is C20H29N3O3. The van der Waals surface area contributed by atoms with Crippen molar-refractivity contribution in [3.8, 4) is 5.75 Å². The van der Waals surface area contributed by atoms with Crippen LogP contribution in [0.5, 0.6) is 5.75 Å². The van der Waals surface area contributed by atoms with Crippen molar-refractivity contribution in [1.29, 1.82) is 0 Å². The highest BCUT2D eigenvalue weighted by molar-refractivity contribution is 5.96. The molecule has 0 aliphatic carbocycles. The van der Waals surface area contributed by atoms with Crippen molar-refractivity contribution in [3.63, 3.8) is 0 Å². The fourth-order valence-electron chi connectivity index (χ4n) is 3.61. The van der Waals surface area contributed by atoms with Crippen LogP contribution in [0, 0.1) is 0 Å².